The largest absolute Gasteiger partial charge is 0.352 e. The van der Waals surface area contributed by atoms with E-state index in [1.165, 1.54) is 0 Å². The van der Waals surface area contributed by atoms with Crippen LogP contribution in [0.15, 0.2) is 54.6 Å². The molecule has 0 atom stereocenters. The van der Waals surface area contributed by atoms with E-state index >= 15 is 0 Å². The summed E-state index contributed by atoms with van der Waals surface area (Å²) in [5, 5.41) is 2.79. The van der Waals surface area contributed by atoms with Crippen molar-refractivity contribution in [2.24, 2.45) is 0 Å². The van der Waals surface area contributed by atoms with Crippen molar-refractivity contribution in [2.75, 3.05) is 11.4 Å². The molecular formula is C19H22N2O2. The van der Waals surface area contributed by atoms with Crippen LogP contribution < -0.4 is 10.2 Å². The molecule has 0 radical (unpaired) electrons. The van der Waals surface area contributed by atoms with Gasteiger partial charge in [-0.25, -0.2) is 0 Å². The number of rotatable bonds is 6. The van der Waals surface area contributed by atoms with Crippen LogP contribution in [0.1, 0.15) is 24.5 Å². The van der Waals surface area contributed by atoms with Crippen LogP contribution in [-0.4, -0.2) is 18.4 Å². The molecule has 0 aromatic heterocycles. The summed E-state index contributed by atoms with van der Waals surface area (Å²) in [6, 6.07) is 17.4. The first-order valence-electron chi connectivity index (χ1n) is 7.78. The zero-order chi connectivity index (χ0) is 16.7. The number of anilines is 1. The van der Waals surface area contributed by atoms with Crippen molar-refractivity contribution in [2.45, 2.75) is 26.8 Å². The first-order chi connectivity index (χ1) is 11.1. The normalized spacial score (nSPS) is 10.2. The fourth-order valence-electron chi connectivity index (χ4n) is 2.39. The summed E-state index contributed by atoms with van der Waals surface area (Å²) >= 11 is 0. The first kappa shape index (κ1) is 16.7. The average molecular weight is 310 g/mol. The second-order valence-corrected chi connectivity index (χ2v) is 5.42. The predicted octanol–water partition coefficient (Wildman–Crippen LogP) is 3.05. The van der Waals surface area contributed by atoms with Crippen molar-refractivity contribution in [3.8, 4) is 0 Å². The molecule has 0 bridgehead atoms. The number of nitrogens with one attached hydrogen (secondary N) is 1. The summed E-state index contributed by atoms with van der Waals surface area (Å²) < 4.78 is 0. The molecule has 0 unspecified atom stereocenters. The minimum absolute atomic E-state index is 0.144. The quantitative estimate of drug-likeness (QED) is 0.834. The van der Waals surface area contributed by atoms with Gasteiger partial charge in [-0.2, -0.15) is 0 Å². The van der Waals surface area contributed by atoms with Crippen molar-refractivity contribution in [3.63, 3.8) is 0 Å². The zero-order valence-corrected chi connectivity index (χ0v) is 13.6. The number of carbonyl (C=O) groups is 2. The number of carbonyl (C=O) groups excluding carboxylic acids is 2. The lowest BCUT2D eigenvalue weighted by atomic mass is 10.2. The van der Waals surface area contributed by atoms with Crippen molar-refractivity contribution in [1.29, 1.82) is 0 Å². The molecule has 0 fully saturated rings. The minimum Gasteiger partial charge on any atom is -0.352 e. The van der Waals surface area contributed by atoms with Crippen molar-refractivity contribution in [1.82, 2.24) is 5.32 Å². The molecule has 0 aliphatic heterocycles. The van der Waals surface area contributed by atoms with Gasteiger partial charge < -0.3 is 10.2 Å². The fraction of sp³-hybridized carbons (Fsp3) is 0.263. The SMILES string of the molecule is CCN(C(=O)CC(=O)NCc1ccccc1)c1cccc(C)c1. The third kappa shape index (κ3) is 4.95. The number of amides is 2. The van der Waals surface area contributed by atoms with Crippen molar-refractivity contribution in [3.05, 3.63) is 65.7 Å². The molecule has 0 saturated carbocycles. The van der Waals surface area contributed by atoms with Crippen LogP contribution in [0.5, 0.6) is 0 Å². The van der Waals surface area contributed by atoms with Gasteiger partial charge >= 0.3 is 0 Å². The lowest BCUT2D eigenvalue weighted by Crippen LogP contribution is -2.35. The molecule has 2 rings (SSSR count). The Kier molecular flexibility index (Phi) is 5.92. The zero-order valence-electron chi connectivity index (χ0n) is 13.6. The molecule has 2 aromatic rings. The number of nitrogens with zero attached hydrogens (tertiary/aromatic N) is 1. The molecule has 0 aliphatic rings. The molecule has 23 heavy (non-hydrogen) atoms. The maximum atomic E-state index is 12.4. The van der Waals surface area contributed by atoms with E-state index in [1.807, 2.05) is 68.4 Å². The van der Waals surface area contributed by atoms with E-state index in [1.54, 1.807) is 4.90 Å². The lowest BCUT2D eigenvalue weighted by Gasteiger charge is -2.21. The van der Waals surface area contributed by atoms with Crippen LogP contribution in [0.4, 0.5) is 5.69 Å². The topological polar surface area (TPSA) is 49.4 Å². The number of aryl methyl sites for hydroxylation is 1. The van der Waals surface area contributed by atoms with E-state index in [9.17, 15) is 9.59 Å². The van der Waals surface area contributed by atoms with Crippen LogP contribution in [0.2, 0.25) is 0 Å². The van der Waals surface area contributed by atoms with Gasteiger partial charge in [-0.15, -0.1) is 0 Å². The molecule has 0 saturated heterocycles. The Balaban J connectivity index is 1.92. The first-order valence-corrected chi connectivity index (χ1v) is 7.78. The Hall–Kier alpha value is -2.62. The highest BCUT2D eigenvalue weighted by atomic mass is 16.2. The minimum atomic E-state index is -0.259. The number of benzene rings is 2. The molecule has 2 amide bonds. The highest BCUT2D eigenvalue weighted by Crippen LogP contribution is 2.16. The summed E-state index contributed by atoms with van der Waals surface area (Å²) in [6.07, 6.45) is -0.144. The third-order valence-corrected chi connectivity index (χ3v) is 3.57. The summed E-state index contributed by atoms with van der Waals surface area (Å²) in [5.74, 6) is -0.450. The van der Waals surface area contributed by atoms with E-state index in [-0.39, 0.29) is 18.2 Å². The molecule has 4 nitrogen and oxygen atoms in total. The van der Waals surface area contributed by atoms with E-state index in [0.717, 1.165) is 16.8 Å². The molecule has 2 aromatic carbocycles. The van der Waals surface area contributed by atoms with Gasteiger partial charge in [0, 0.05) is 18.8 Å². The Labute approximate surface area is 137 Å². The van der Waals surface area contributed by atoms with Gasteiger partial charge in [0.2, 0.25) is 11.8 Å². The van der Waals surface area contributed by atoms with E-state index in [0.29, 0.717) is 13.1 Å². The van der Waals surface area contributed by atoms with Crippen molar-refractivity contribution < 1.29 is 9.59 Å². The van der Waals surface area contributed by atoms with E-state index in [4.69, 9.17) is 0 Å². The highest BCUT2D eigenvalue weighted by molar-refractivity contribution is 6.04. The monoisotopic (exact) mass is 310 g/mol. The molecule has 120 valence electrons. The van der Waals surface area contributed by atoms with Gasteiger partial charge in [0.1, 0.15) is 6.42 Å². The van der Waals surface area contributed by atoms with Gasteiger partial charge in [-0.1, -0.05) is 42.5 Å². The molecule has 0 heterocycles. The average Bonchev–Trinajstić information content (AvgIpc) is 2.55. The van der Waals surface area contributed by atoms with Gasteiger partial charge in [0.25, 0.3) is 0 Å². The Morgan fingerprint density at radius 2 is 1.78 bits per heavy atom. The standard InChI is InChI=1S/C19H22N2O2/c1-3-21(17-11-7-8-15(2)12-17)19(23)13-18(22)20-14-16-9-5-4-6-10-16/h4-12H,3,13-14H2,1-2H3,(H,20,22). The van der Waals surface area contributed by atoms with Gasteiger partial charge in [-0.05, 0) is 37.1 Å². The van der Waals surface area contributed by atoms with Gasteiger partial charge in [0.15, 0.2) is 0 Å². The van der Waals surface area contributed by atoms with Crippen LogP contribution >= 0.6 is 0 Å². The Morgan fingerprint density at radius 3 is 2.43 bits per heavy atom. The number of hydrogen-bond acceptors (Lipinski definition) is 2. The van der Waals surface area contributed by atoms with E-state index in [2.05, 4.69) is 5.32 Å². The van der Waals surface area contributed by atoms with E-state index < -0.39 is 0 Å². The molecule has 4 heteroatoms. The second kappa shape index (κ2) is 8.13. The van der Waals surface area contributed by atoms with Crippen LogP contribution in [0.3, 0.4) is 0 Å². The van der Waals surface area contributed by atoms with Crippen molar-refractivity contribution >= 4 is 17.5 Å². The summed E-state index contributed by atoms with van der Waals surface area (Å²) in [7, 11) is 0. The molecule has 0 aliphatic carbocycles. The Bertz CT molecular complexity index is 668. The fourth-order valence-corrected chi connectivity index (χ4v) is 2.39. The maximum absolute atomic E-state index is 12.4. The molecular weight excluding hydrogens is 288 g/mol. The second-order valence-electron chi connectivity index (χ2n) is 5.42. The molecule has 0 spiro atoms. The third-order valence-electron chi connectivity index (χ3n) is 3.57. The Morgan fingerprint density at radius 1 is 1.04 bits per heavy atom. The van der Waals surface area contributed by atoms with Gasteiger partial charge in [-0.3, -0.25) is 9.59 Å². The van der Waals surface area contributed by atoms with Crippen LogP contribution in [0, 0.1) is 6.92 Å². The predicted molar refractivity (Wildman–Crippen MR) is 92.1 cm³/mol. The van der Waals surface area contributed by atoms with Crippen LogP contribution in [-0.2, 0) is 16.1 Å². The summed E-state index contributed by atoms with van der Waals surface area (Å²) in [5.41, 5.74) is 2.93. The smallest absolute Gasteiger partial charge is 0.236 e. The maximum Gasteiger partial charge on any atom is 0.236 e. The molecule has 1 N–H and O–H groups in total. The highest BCUT2D eigenvalue weighted by Gasteiger charge is 2.17. The number of hydrogen-bond donors (Lipinski definition) is 1. The summed E-state index contributed by atoms with van der Waals surface area (Å²) in [6.45, 7) is 4.86. The summed E-state index contributed by atoms with van der Waals surface area (Å²) in [4.78, 5) is 26.0. The lowest BCUT2D eigenvalue weighted by molar-refractivity contribution is -0.128. The van der Waals surface area contributed by atoms with Gasteiger partial charge in [0.05, 0.1) is 0 Å². The van der Waals surface area contributed by atoms with Crippen LogP contribution in [0.25, 0.3) is 0 Å².